The Hall–Kier alpha value is -2.64. The van der Waals surface area contributed by atoms with Gasteiger partial charge < -0.3 is 15.2 Å². The summed E-state index contributed by atoms with van der Waals surface area (Å²) in [5, 5.41) is 2.66. The van der Waals surface area contributed by atoms with Gasteiger partial charge in [-0.1, -0.05) is 13.8 Å². The number of nitrogens with one attached hydrogen (secondary N) is 3. The van der Waals surface area contributed by atoms with E-state index in [1.54, 1.807) is 12.1 Å². The lowest BCUT2D eigenvalue weighted by atomic mass is 9.91. The molecule has 3 rings (SSSR count). The van der Waals surface area contributed by atoms with Crippen LogP contribution in [0.4, 0.5) is 5.82 Å². The van der Waals surface area contributed by atoms with Crippen LogP contribution in [0.3, 0.4) is 0 Å². The first-order valence-electron chi connectivity index (χ1n) is 8.57. The van der Waals surface area contributed by atoms with Crippen molar-refractivity contribution < 1.29 is 9.59 Å². The Labute approximate surface area is 145 Å². The van der Waals surface area contributed by atoms with Crippen LogP contribution in [0.15, 0.2) is 16.9 Å². The number of imidazole rings is 1. The molecule has 0 aromatic carbocycles. The predicted octanol–water partition coefficient (Wildman–Crippen LogP) is 1.47. The van der Waals surface area contributed by atoms with Crippen LogP contribution < -0.4 is 11.0 Å². The lowest BCUT2D eigenvalue weighted by molar-refractivity contribution is -0.135. The van der Waals surface area contributed by atoms with Gasteiger partial charge >= 0.3 is 5.69 Å². The molecule has 1 saturated heterocycles. The molecule has 2 atom stereocenters. The number of aromatic amines is 2. The summed E-state index contributed by atoms with van der Waals surface area (Å²) in [6.45, 7) is 5.83. The third kappa shape index (κ3) is 4.26. The molecular formula is C17H23N5O3. The molecule has 134 valence electrons. The van der Waals surface area contributed by atoms with E-state index in [2.05, 4.69) is 34.1 Å². The number of anilines is 1. The number of hydrogen-bond acceptors (Lipinski definition) is 4. The number of carbonyl (C=O) groups is 2. The Bertz CT molecular complexity index is 830. The highest BCUT2D eigenvalue weighted by Gasteiger charge is 2.25. The quantitative estimate of drug-likeness (QED) is 0.779. The first kappa shape index (κ1) is 17.2. The first-order valence-corrected chi connectivity index (χ1v) is 8.57. The average Bonchev–Trinajstić information content (AvgIpc) is 2.91. The van der Waals surface area contributed by atoms with Crippen molar-refractivity contribution in [2.75, 3.05) is 18.4 Å². The first-order chi connectivity index (χ1) is 11.9. The zero-order valence-corrected chi connectivity index (χ0v) is 14.5. The lowest BCUT2D eigenvalue weighted by Gasteiger charge is -2.35. The SMILES string of the molecule is CC1CC(C)CN(C(=O)CCC(=O)Nc2ccc3[nH]c(=O)[nH]c3n2)C1. The molecule has 2 aromatic heterocycles. The third-order valence-electron chi connectivity index (χ3n) is 4.43. The molecule has 1 aliphatic rings. The molecule has 25 heavy (non-hydrogen) atoms. The molecule has 8 heteroatoms. The zero-order chi connectivity index (χ0) is 18.0. The van der Waals surface area contributed by atoms with Gasteiger partial charge in [-0.3, -0.25) is 14.6 Å². The van der Waals surface area contributed by atoms with E-state index in [0.717, 1.165) is 19.5 Å². The van der Waals surface area contributed by atoms with Crippen LogP contribution in [0.5, 0.6) is 0 Å². The molecule has 0 spiro atoms. The number of rotatable bonds is 4. The maximum atomic E-state index is 12.3. The molecular weight excluding hydrogens is 322 g/mol. The van der Waals surface area contributed by atoms with Crippen LogP contribution in [0.2, 0.25) is 0 Å². The molecule has 3 N–H and O–H groups in total. The maximum Gasteiger partial charge on any atom is 0.325 e. The second kappa shape index (κ2) is 7.08. The van der Waals surface area contributed by atoms with E-state index >= 15 is 0 Å². The van der Waals surface area contributed by atoms with Gasteiger partial charge in [-0.2, -0.15) is 0 Å². The number of carbonyl (C=O) groups excluding carboxylic acids is 2. The molecule has 8 nitrogen and oxygen atoms in total. The van der Waals surface area contributed by atoms with Crippen LogP contribution in [0.25, 0.3) is 11.2 Å². The highest BCUT2D eigenvalue weighted by atomic mass is 16.2. The fraction of sp³-hybridized carbons (Fsp3) is 0.529. The maximum absolute atomic E-state index is 12.3. The van der Waals surface area contributed by atoms with E-state index in [0.29, 0.717) is 28.8 Å². The van der Waals surface area contributed by atoms with Gasteiger partial charge in [0.1, 0.15) is 5.82 Å². The van der Waals surface area contributed by atoms with Crippen molar-refractivity contribution in [1.82, 2.24) is 19.9 Å². The number of piperidine rings is 1. The summed E-state index contributed by atoms with van der Waals surface area (Å²) in [5.74, 6) is 1.10. The van der Waals surface area contributed by atoms with Gasteiger partial charge in [-0.05, 0) is 30.4 Å². The predicted molar refractivity (Wildman–Crippen MR) is 94.1 cm³/mol. The lowest BCUT2D eigenvalue weighted by Crippen LogP contribution is -2.42. The van der Waals surface area contributed by atoms with Gasteiger partial charge in [0, 0.05) is 25.9 Å². The monoisotopic (exact) mass is 345 g/mol. The van der Waals surface area contributed by atoms with Crippen LogP contribution in [-0.2, 0) is 9.59 Å². The number of likely N-dealkylation sites (tertiary alicyclic amines) is 1. The van der Waals surface area contributed by atoms with Gasteiger partial charge in [0.2, 0.25) is 11.8 Å². The van der Waals surface area contributed by atoms with E-state index in [1.165, 1.54) is 0 Å². The smallest absolute Gasteiger partial charge is 0.325 e. The standard InChI is InChI=1S/C17H23N5O3/c1-10-7-11(2)9-22(8-10)15(24)6-5-14(23)19-13-4-3-12-16(20-13)21-17(25)18-12/h3-4,10-11H,5-9H2,1-2H3,(H3,18,19,20,21,23,25). The van der Waals surface area contributed by atoms with Gasteiger partial charge in [0.15, 0.2) is 5.65 Å². The van der Waals surface area contributed by atoms with Crippen molar-refractivity contribution in [2.45, 2.75) is 33.1 Å². The van der Waals surface area contributed by atoms with Crippen molar-refractivity contribution in [3.63, 3.8) is 0 Å². The number of fused-ring (bicyclic) bond motifs is 1. The van der Waals surface area contributed by atoms with Crippen LogP contribution in [-0.4, -0.2) is 44.8 Å². The Balaban J connectivity index is 1.53. The molecule has 2 aromatic rings. The summed E-state index contributed by atoms with van der Waals surface area (Å²) in [5.41, 5.74) is 0.614. The summed E-state index contributed by atoms with van der Waals surface area (Å²) in [6.07, 6.45) is 1.44. The van der Waals surface area contributed by atoms with Crippen molar-refractivity contribution in [3.8, 4) is 0 Å². The van der Waals surface area contributed by atoms with Gasteiger partial charge in [-0.15, -0.1) is 0 Å². The summed E-state index contributed by atoms with van der Waals surface area (Å²) in [4.78, 5) is 46.7. The average molecular weight is 345 g/mol. The number of hydrogen-bond donors (Lipinski definition) is 3. The molecule has 0 bridgehead atoms. The Morgan fingerprint density at radius 3 is 2.64 bits per heavy atom. The molecule has 1 aliphatic heterocycles. The largest absolute Gasteiger partial charge is 0.342 e. The van der Waals surface area contributed by atoms with Gasteiger partial charge in [-0.25, -0.2) is 9.78 Å². The summed E-state index contributed by atoms with van der Waals surface area (Å²) in [7, 11) is 0. The number of nitrogens with zero attached hydrogens (tertiary/aromatic N) is 2. The number of amides is 2. The highest BCUT2D eigenvalue weighted by molar-refractivity contribution is 5.93. The number of H-pyrrole nitrogens is 2. The minimum atomic E-state index is -0.346. The molecule has 1 fully saturated rings. The highest BCUT2D eigenvalue weighted by Crippen LogP contribution is 2.21. The van der Waals surface area contributed by atoms with E-state index < -0.39 is 0 Å². The molecule has 0 aliphatic carbocycles. The van der Waals surface area contributed by atoms with E-state index in [1.807, 2.05) is 4.90 Å². The Kier molecular flexibility index (Phi) is 4.87. The topological polar surface area (TPSA) is 111 Å². The Morgan fingerprint density at radius 2 is 1.92 bits per heavy atom. The fourth-order valence-electron chi connectivity index (χ4n) is 3.44. The van der Waals surface area contributed by atoms with E-state index in [-0.39, 0.29) is 30.3 Å². The minimum absolute atomic E-state index is 0.0203. The van der Waals surface area contributed by atoms with Crippen molar-refractivity contribution in [3.05, 3.63) is 22.6 Å². The van der Waals surface area contributed by atoms with E-state index in [4.69, 9.17) is 0 Å². The second-order valence-corrected chi connectivity index (χ2v) is 6.96. The fourth-order valence-corrected chi connectivity index (χ4v) is 3.44. The normalized spacial score (nSPS) is 20.6. The molecule has 0 saturated carbocycles. The zero-order valence-electron chi connectivity index (χ0n) is 14.5. The second-order valence-electron chi connectivity index (χ2n) is 6.96. The summed E-state index contributed by atoms with van der Waals surface area (Å²) >= 11 is 0. The summed E-state index contributed by atoms with van der Waals surface area (Å²) in [6, 6.07) is 3.28. The molecule has 3 heterocycles. The van der Waals surface area contributed by atoms with E-state index in [9.17, 15) is 14.4 Å². The number of pyridine rings is 1. The van der Waals surface area contributed by atoms with Crippen molar-refractivity contribution in [1.29, 1.82) is 0 Å². The Morgan fingerprint density at radius 1 is 1.20 bits per heavy atom. The van der Waals surface area contributed by atoms with Crippen LogP contribution in [0, 0.1) is 11.8 Å². The van der Waals surface area contributed by atoms with Crippen LogP contribution in [0.1, 0.15) is 33.1 Å². The third-order valence-corrected chi connectivity index (χ3v) is 4.43. The molecule has 0 radical (unpaired) electrons. The van der Waals surface area contributed by atoms with Gasteiger partial charge in [0.05, 0.1) is 5.52 Å². The van der Waals surface area contributed by atoms with Crippen molar-refractivity contribution >= 4 is 28.8 Å². The minimum Gasteiger partial charge on any atom is -0.342 e. The number of aromatic nitrogens is 3. The molecule has 2 amide bonds. The van der Waals surface area contributed by atoms with Gasteiger partial charge in [0.25, 0.3) is 0 Å². The van der Waals surface area contributed by atoms with Crippen LogP contribution >= 0.6 is 0 Å². The summed E-state index contributed by atoms with van der Waals surface area (Å²) < 4.78 is 0. The van der Waals surface area contributed by atoms with Crippen molar-refractivity contribution in [2.24, 2.45) is 11.8 Å². The molecule has 2 unspecified atom stereocenters.